The normalized spacial score (nSPS) is 12.7. The Labute approximate surface area is 246 Å². The highest BCUT2D eigenvalue weighted by Crippen LogP contribution is 2.29. The van der Waals surface area contributed by atoms with Gasteiger partial charge in [-0.1, -0.05) is 19.1 Å². The third kappa shape index (κ3) is 6.96. The van der Waals surface area contributed by atoms with Gasteiger partial charge in [-0.05, 0) is 67.9 Å². The molecular formula is C32H40N6O4. The predicted octanol–water partition coefficient (Wildman–Crippen LogP) is 4.85. The molecule has 4 rings (SSSR count). The van der Waals surface area contributed by atoms with Gasteiger partial charge < -0.3 is 30.3 Å². The van der Waals surface area contributed by atoms with Crippen molar-refractivity contribution >= 4 is 40.0 Å². The fraction of sp³-hybridized carbons (Fsp3) is 0.344. The Morgan fingerprint density at radius 3 is 2.45 bits per heavy atom. The molecule has 2 aromatic heterocycles. The molecule has 0 saturated heterocycles. The van der Waals surface area contributed by atoms with Crippen LogP contribution in [0.4, 0.5) is 22.0 Å². The van der Waals surface area contributed by atoms with Crippen molar-refractivity contribution in [1.82, 2.24) is 19.8 Å². The Morgan fingerprint density at radius 1 is 1.05 bits per heavy atom. The van der Waals surface area contributed by atoms with Crippen LogP contribution in [0.25, 0.3) is 10.9 Å². The Balaban J connectivity index is 1.38. The fourth-order valence-corrected chi connectivity index (χ4v) is 4.90. The smallest absolute Gasteiger partial charge is 0.325 e. The Kier molecular flexibility index (Phi) is 9.95. The summed E-state index contributed by atoms with van der Waals surface area (Å²) in [4.78, 5) is 33.6. The number of ether oxygens (including phenoxy) is 1. The van der Waals surface area contributed by atoms with Crippen molar-refractivity contribution in [2.24, 2.45) is 0 Å². The van der Waals surface area contributed by atoms with Crippen LogP contribution in [0, 0.1) is 0 Å². The maximum Gasteiger partial charge on any atom is 0.325 e. The van der Waals surface area contributed by atoms with Crippen molar-refractivity contribution in [2.45, 2.75) is 31.9 Å². The molecule has 2 heterocycles. The molecule has 0 bridgehead atoms. The number of aliphatic hydroxyl groups excluding tert-OH is 1. The second-order valence-corrected chi connectivity index (χ2v) is 10.5. The largest absolute Gasteiger partial charge is 0.393 e. The summed E-state index contributed by atoms with van der Waals surface area (Å²) in [6, 6.07) is 18.8. The lowest BCUT2D eigenvalue weighted by Crippen LogP contribution is -2.38. The SMILES string of the molecule is CCC(CO)(CCN(C)Cc1ccc(C(=O)Nc2cc(N(C)c3ccc4c(ccn4C(=O)NC)c3)ccn2)cc1)OC. The van der Waals surface area contributed by atoms with E-state index in [1.807, 2.05) is 86.6 Å². The molecule has 1 unspecified atom stereocenters. The maximum absolute atomic E-state index is 13.0. The van der Waals surface area contributed by atoms with Crippen LogP contribution in [0.15, 0.2) is 73.1 Å². The van der Waals surface area contributed by atoms with E-state index in [4.69, 9.17) is 4.74 Å². The first-order chi connectivity index (χ1) is 20.2. The molecule has 0 aliphatic rings. The van der Waals surface area contributed by atoms with Gasteiger partial charge in [0, 0.05) is 75.1 Å². The van der Waals surface area contributed by atoms with Crippen LogP contribution in [0.3, 0.4) is 0 Å². The fourth-order valence-electron chi connectivity index (χ4n) is 4.90. The van der Waals surface area contributed by atoms with Crippen molar-refractivity contribution in [2.75, 3.05) is 51.6 Å². The van der Waals surface area contributed by atoms with E-state index in [2.05, 4.69) is 20.5 Å². The number of carbonyl (C=O) groups excluding carboxylic acids is 2. The van der Waals surface area contributed by atoms with Gasteiger partial charge in [0.15, 0.2) is 0 Å². The molecule has 4 aromatic rings. The number of carbonyl (C=O) groups is 2. The van der Waals surface area contributed by atoms with E-state index in [0.717, 1.165) is 53.8 Å². The minimum Gasteiger partial charge on any atom is -0.393 e. The van der Waals surface area contributed by atoms with Crippen molar-refractivity contribution in [3.63, 3.8) is 0 Å². The maximum atomic E-state index is 13.0. The van der Waals surface area contributed by atoms with E-state index in [1.54, 1.807) is 31.1 Å². The molecule has 3 N–H and O–H groups in total. The van der Waals surface area contributed by atoms with Crippen molar-refractivity contribution < 1.29 is 19.4 Å². The van der Waals surface area contributed by atoms with Gasteiger partial charge in [-0.2, -0.15) is 0 Å². The number of pyridine rings is 1. The van der Waals surface area contributed by atoms with Crippen LogP contribution in [0.5, 0.6) is 0 Å². The quantitative estimate of drug-likeness (QED) is 0.222. The third-order valence-electron chi connectivity index (χ3n) is 7.85. The molecule has 42 heavy (non-hydrogen) atoms. The summed E-state index contributed by atoms with van der Waals surface area (Å²) in [5, 5.41) is 16.2. The highest BCUT2D eigenvalue weighted by Gasteiger charge is 2.26. The van der Waals surface area contributed by atoms with E-state index in [9.17, 15) is 14.7 Å². The van der Waals surface area contributed by atoms with E-state index in [1.165, 1.54) is 0 Å². The predicted molar refractivity (Wildman–Crippen MR) is 167 cm³/mol. The van der Waals surface area contributed by atoms with E-state index < -0.39 is 5.60 Å². The summed E-state index contributed by atoms with van der Waals surface area (Å²) in [6.07, 6.45) is 4.88. The molecule has 1 atom stereocenters. The molecule has 10 nitrogen and oxygen atoms in total. The van der Waals surface area contributed by atoms with Gasteiger partial charge in [0.2, 0.25) is 0 Å². The number of hydrogen-bond acceptors (Lipinski definition) is 7. The molecular weight excluding hydrogens is 532 g/mol. The first-order valence-electron chi connectivity index (χ1n) is 14.0. The van der Waals surface area contributed by atoms with Gasteiger partial charge in [-0.3, -0.25) is 9.36 Å². The van der Waals surface area contributed by atoms with Gasteiger partial charge in [-0.25, -0.2) is 9.78 Å². The molecule has 0 aliphatic carbocycles. The van der Waals surface area contributed by atoms with Crippen LogP contribution in [-0.4, -0.2) is 78.5 Å². The van der Waals surface area contributed by atoms with Crippen LogP contribution >= 0.6 is 0 Å². The van der Waals surface area contributed by atoms with Crippen LogP contribution in [0.2, 0.25) is 0 Å². The first-order valence-corrected chi connectivity index (χ1v) is 14.0. The topological polar surface area (TPSA) is 112 Å². The number of aromatic nitrogens is 2. The monoisotopic (exact) mass is 572 g/mol. The number of amides is 2. The van der Waals surface area contributed by atoms with Crippen molar-refractivity contribution in [3.05, 3.63) is 84.2 Å². The molecule has 0 aliphatic heterocycles. The number of nitrogens with zero attached hydrogens (tertiary/aromatic N) is 4. The molecule has 0 spiro atoms. The standard InChI is InChI=1S/C32H40N6O4/c1-6-32(22-39,42-5)15-18-36(3)21-23-7-9-24(10-8-23)30(40)35-29-20-27(13-16-34-29)37(4)26-11-12-28-25(19-26)14-17-38(28)31(41)33-2/h7-14,16-17,19-20,39H,6,15,18,21-22H2,1-5H3,(H,33,41)(H,34,35,40). The zero-order chi connectivity index (χ0) is 30.3. The summed E-state index contributed by atoms with van der Waals surface area (Å²) >= 11 is 0. The van der Waals surface area contributed by atoms with E-state index in [0.29, 0.717) is 11.4 Å². The van der Waals surface area contributed by atoms with Crippen LogP contribution in [0.1, 0.15) is 35.7 Å². The molecule has 10 heteroatoms. The minimum absolute atomic E-state index is 0.00340. The number of hydrogen-bond donors (Lipinski definition) is 3. The van der Waals surface area contributed by atoms with Gasteiger partial charge in [0.05, 0.1) is 17.7 Å². The van der Waals surface area contributed by atoms with Crippen LogP contribution < -0.4 is 15.5 Å². The number of benzene rings is 2. The lowest BCUT2D eigenvalue weighted by molar-refractivity contribution is -0.0641. The van der Waals surface area contributed by atoms with E-state index in [-0.39, 0.29) is 18.5 Å². The Bertz CT molecular complexity index is 1500. The number of methoxy groups -OCH3 is 1. The summed E-state index contributed by atoms with van der Waals surface area (Å²) in [7, 11) is 7.22. The molecule has 2 aromatic carbocycles. The number of rotatable bonds is 12. The Morgan fingerprint density at radius 2 is 1.79 bits per heavy atom. The summed E-state index contributed by atoms with van der Waals surface area (Å²) in [5.74, 6) is 0.205. The van der Waals surface area contributed by atoms with Gasteiger partial charge in [0.25, 0.3) is 5.91 Å². The lowest BCUT2D eigenvalue weighted by atomic mass is 9.97. The zero-order valence-electron chi connectivity index (χ0n) is 24.9. The molecule has 2 amide bonds. The van der Waals surface area contributed by atoms with Gasteiger partial charge in [-0.15, -0.1) is 0 Å². The molecule has 0 saturated carbocycles. The average Bonchev–Trinajstić information content (AvgIpc) is 3.45. The number of aliphatic hydroxyl groups is 1. The molecule has 222 valence electrons. The number of nitrogens with one attached hydrogen (secondary N) is 2. The zero-order valence-corrected chi connectivity index (χ0v) is 24.9. The lowest BCUT2D eigenvalue weighted by Gasteiger charge is -2.31. The number of fused-ring (bicyclic) bond motifs is 1. The van der Waals surface area contributed by atoms with Crippen LogP contribution in [-0.2, 0) is 11.3 Å². The summed E-state index contributed by atoms with van der Waals surface area (Å²) < 4.78 is 7.13. The van der Waals surface area contributed by atoms with E-state index >= 15 is 0 Å². The summed E-state index contributed by atoms with van der Waals surface area (Å²) in [5.41, 5.74) is 3.72. The van der Waals surface area contributed by atoms with Crippen molar-refractivity contribution in [1.29, 1.82) is 0 Å². The highest BCUT2D eigenvalue weighted by molar-refractivity contribution is 6.04. The van der Waals surface area contributed by atoms with Gasteiger partial charge in [0.1, 0.15) is 5.82 Å². The van der Waals surface area contributed by atoms with Crippen molar-refractivity contribution in [3.8, 4) is 0 Å². The third-order valence-corrected chi connectivity index (χ3v) is 7.85. The minimum atomic E-state index is -0.509. The highest BCUT2D eigenvalue weighted by atomic mass is 16.5. The first kappa shape index (κ1) is 30.7. The number of anilines is 3. The average molecular weight is 573 g/mol. The molecule has 0 radical (unpaired) electrons. The second-order valence-electron chi connectivity index (χ2n) is 10.5. The second kappa shape index (κ2) is 13.6. The Hall–Kier alpha value is -4.25. The molecule has 0 fully saturated rings. The summed E-state index contributed by atoms with van der Waals surface area (Å²) in [6.45, 7) is 3.51. The van der Waals surface area contributed by atoms with Gasteiger partial charge >= 0.3 is 6.03 Å².